The lowest BCUT2D eigenvalue weighted by Crippen LogP contribution is -2.15. The first-order valence-electron chi connectivity index (χ1n) is 8.79. The van der Waals surface area contributed by atoms with Crippen LogP contribution in [0.4, 0.5) is 13.2 Å². The van der Waals surface area contributed by atoms with E-state index in [0.717, 1.165) is 11.6 Å². The van der Waals surface area contributed by atoms with E-state index in [1.807, 2.05) is 36.4 Å². The van der Waals surface area contributed by atoms with Gasteiger partial charge in [-0.05, 0) is 29.8 Å². The lowest BCUT2D eigenvalue weighted by molar-refractivity contribution is -0.137. The number of rotatable bonds is 6. The van der Waals surface area contributed by atoms with E-state index in [0.29, 0.717) is 5.56 Å². The molecule has 2 nitrogen and oxygen atoms in total. The van der Waals surface area contributed by atoms with Gasteiger partial charge in [-0.25, -0.2) is 0 Å². The first kappa shape index (κ1) is 20.7. The SMILES string of the molecule is FC(F)(F)c1ccc(Cl)cc1/C(=N/OC/C=C/c1ccccc1)c1ccccc1. The maximum atomic E-state index is 13.5. The quantitative estimate of drug-likeness (QED) is 0.245. The van der Waals surface area contributed by atoms with Gasteiger partial charge < -0.3 is 4.84 Å². The molecule has 0 aromatic heterocycles. The second kappa shape index (κ2) is 9.43. The molecule has 0 heterocycles. The second-order valence-corrected chi connectivity index (χ2v) is 6.54. The second-order valence-electron chi connectivity index (χ2n) is 6.10. The summed E-state index contributed by atoms with van der Waals surface area (Å²) in [5, 5.41) is 4.20. The third-order valence-corrected chi connectivity index (χ3v) is 4.26. The van der Waals surface area contributed by atoms with Crippen molar-refractivity contribution < 1.29 is 18.0 Å². The van der Waals surface area contributed by atoms with Crippen LogP contribution in [0.15, 0.2) is 90.1 Å². The molecule has 6 heteroatoms. The molecule has 3 rings (SSSR count). The molecule has 0 amide bonds. The van der Waals surface area contributed by atoms with Crippen LogP contribution in [-0.4, -0.2) is 12.3 Å². The Balaban J connectivity index is 1.91. The minimum Gasteiger partial charge on any atom is -0.391 e. The standard InChI is InChI=1S/C23H17ClF3NO/c24-19-13-14-21(23(25,26)27)20(16-19)22(18-11-5-2-6-12-18)28-29-15-7-10-17-8-3-1-4-9-17/h1-14,16H,15H2/b10-7+,28-22+. The van der Waals surface area contributed by atoms with Gasteiger partial charge in [0.15, 0.2) is 0 Å². The zero-order valence-corrected chi connectivity index (χ0v) is 16.0. The molecule has 0 aliphatic heterocycles. The van der Waals surface area contributed by atoms with Gasteiger partial charge in [0.05, 0.1) is 5.56 Å². The molecule has 0 N–H and O–H groups in total. The zero-order chi connectivity index (χ0) is 20.7. The highest BCUT2D eigenvalue weighted by Gasteiger charge is 2.35. The summed E-state index contributed by atoms with van der Waals surface area (Å²) in [4.78, 5) is 5.32. The summed E-state index contributed by atoms with van der Waals surface area (Å²) >= 11 is 5.98. The van der Waals surface area contributed by atoms with Crippen molar-refractivity contribution in [3.8, 4) is 0 Å². The largest absolute Gasteiger partial charge is 0.417 e. The van der Waals surface area contributed by atoms with Crippen molar-refractivity contribution in [3.63, 3.8) is 0 Å². The Morgan fingerprint density at radius 2 is 1.59 bits per heavy atom. The summed E-state index contributed by atoms with van der Waals surface area (Å²) in [7, 11) is 0. The van der Waals surface area contributed by atoms with Crippen LogP contribution in [0.1, 0.15) is 22.3 Å². The van der Waals surface area contributed by atoms with Gasteiger partial charge in [-0.1, -0.05) is 83.5 Å². The van der Waals surface area contributed by atoms with Crippen LogP contribution in [0.3, 0.4) is 0 Å². The molecule has 0 atom stereocenters. The summed E-state index contributed by atoms with van der Waals surface area (Å²) < 4.78 is 40.6. The fourth-order valence-corrected chi connectivity index (χ4v) is 2.88. The number of hydrogen-bond donors (Lipinski definition) is 0. The van der Waals surface area contributed by atoms with E-state index in [1.54, 1.807) is 36.4 Å². The number of benzene rings is 3. The topological polar surface area (TPSA) is 21.6 Å². The van der Waals surface area contributed by atoms with Gasteiger partial charge in [-0.2, -0.15) is 13.2 Å². The molecule has 3 aromatic rings. The summed E-state index contributed by atoms with van der Waals surface area (Å²) in [5.74, 6) is 0. The molecular formula is C23H17ClF3NO. The van der Waals surface area contributed by atoms with Gasteiger partial charge in [-0.3, -0.25) is 0 Å². The van der Waals surface area contributed by atoms with Crippen molar-refractivity contribution in [3.05, 3.63) is 112 Å². The summed E-state index contributed by atoms with van der Waals surface area (Å²) in [6, 6.07) is 21.5. The Labute approximate surface area is 171 Å². The maximum Gasteiger partial charge on any atom is 0.417 e. The third-order valence-electron chi connectivity index (χ3n) is 4.03. The molecule has 0 radical (unpaired) electrons. The molecule has 0 aliphatic rings. The summed E-state index contributed by atoms with van der Waals surface area (Å²) in [6.45, 7) is 0.104. The first-order chi connectivity index (χ1) is 13.9. The molecule has 0 spiro atoms. The maximum absolute atomic E-state index is 13.5. The summed E-state index contributed by atoms with van der Waals surface area (Å²) in [6.07, 6.45) is -0.967. The Hall–Kier alpha value is -3.05. The van der Waals surface area contributed by atoms with Crippen LogP contribution in [0, 0.1) is 0 Å². The van der Waals surface area contributed by atoms with Crippen LogP contribution in [0.25, 0.3) is 6.08 Å². The highest BCUT2D eigenvalue weighted by molar-refractivity contribution is 6.31. The molecule has 3 aromatic carbocycles. The van der Waals surface area contributed by atoms with E-state index >= 15 is 0 Å². The van der Waals surface area contributed by atoms with Crippen LogP contribution in [-0.2, 0) is 11.0 Å². The minimum atomic E-state index is -4.55. The van der Waals surface area contributed by atoms with Crippen molar-refractivity contribution >= 4 is 23.4 Å². The van der Waals surface area contributed by atoms with E-state index < -0.39 is 11.7 Å². The van der Waals surface area contributed by atoms with Crippen LogP contribution in [0.2, 0.25) is 5.02 Å². The Morgan fingerprint density at radius 1 is 0.931 bits per heavy atom. The van der Waals surface area contributed by atoms with Crippen LogP contribution in [0.5, 0.6) is 0 Å². The Morgan fingerprint density at radius 3 is 2.24 bits per heavy atom. The van der Waals surface area contributed by atoms with Gasteiger partial charge in [0.1, 0.15) is 12.3 Å². The van der Waals surface area contributed by atoms with Gasteiger partial charge in [0.2, 0.25) is 0 Å². The predicted molar refractivity (Wildman–Crippen MR) is 110 cm³/mol. The van der Waals surface area contributed by atoms with Gasteiger partial charge in [-0.15, -0.1) is 0 Å². The van der Waals surface area contributed by atoms with Crippen molar-refractivity contribution in [2.75, 3.05) is 6.61 Å². The zero-order valence-electron chi connectivity index (χ0n) is 15.2. The third kappa shape index (κ3) is 5.72. The molecule has 0 saturated carbocycles. The van der Waals surface area contributed by atoms with Gasteiger partial charge >= 0.3 is 6.18 Å². The molecule has 0 bridgehead atoms. The van der Waals surface area contributed by atoms with Crippen molar-refractivity contribution in [2.45, 2.75) is 6.18 Å². The van der Waals surface area contributed by atoms with Crippen molar-refractivity contribution in [1.29, 1.82) is 0 Å². The van der Waals surface area contributed by atoms with Gasteiger partial charge in [0.25, 0.3) is 0 Å². The highest BCUT2D eigenvalue weighted by atomic mass is 35.5. The van der Waals surface area contributed by atoms with Crippen molar-refractivity contribution in [1.82, 2.24) is 0 Å². The van der Waals surface area contributed by atoms with Gasteiger partial charge in [0, 0.05) is 16.1 Å². The van der Waals surface area contributed by atoms with E-state index in [9.17, 15) is 13.2 Å². The lowest BCUT2D eigenvalue weighted by atomic mass is 9.97. The minimum absolute atomic E-state index is 0.0635. The average Bonchev–Trinajstić information content (AvgIpc) is 2.71. The van der Waals surface area contributed by atoms with E-state index in [1.165, 1.54) is 12.1 Å². The molecule has 0 unspecified atom stereocenters. The molecule has 0 aliphatic carbocycles. The summed E-state index contributed by atoms with van der Waals surface area (Å²) in [5.41, 5.74) is 0.578. The average molecular weight is 416 g/mol. The van der Waals surface area contributed by atoms with Crippen LogP contribution >= 0.6 is 11.6 Å². The monoisotopic (exact) mass is 415 g/mol. The Bertz CT molecular complexity index is 1000. The smallest absolute Gasteiger partial charge is 0.391 e. The lowest BCUT2D eigenvalue weighted by Gasteiger charge is -2.15. The molecule has 29 heavy (non-hydrogen) atoms. The first-order valence-corrected chi connectivity index (χ1v) is 9.17. The molecular weight excluding hydrogens is 399 g/mol. The number of hydrogen-bond acceptors (Lipinski definition) is 2. The normalized spacial score (nSPS) is 12.3. The highest BCUT2D eigenvalue weighted by Crippen LogP contribution is 2.34. The number of nitrogens with zero attached hydrogens (tertiary/aromatic N) is 1. The Kier molecular flexibility index (Phi) is 6.73. The predicted octanol–water partition coefficient (Wildman–Crippen LogP) is 6.84. The van der Waals surface area contributed by atoms with Crippen molar-refractivity contribution in [2.24, 2.45) is 5.16 Å². The molecule has 0 saturated heterocycles. The van der Waals surface area contributed by atoms with Crippen LogP contribution < -0.4 is 0 Å². The molecule has 0 fully saturated rings. The number of oxime groups is 1. The number of alkyl halides is 3. The van der Waals surface area contributed by atoms with E-state index in [4.69, 9.17) is 16.4 Å². The van der Waals surface area contributed by atoms with E-state index in [-0.39, 0.29) is 22.9 Å². The van der Waals surface area contributed by atoms with E-state index in [2.05, 4.69) is 5.16 Å². The fraction of sp³-hybridized carbons (Fsp3) is 0.0870. The fourth-order valence-electron chi connectivity index (χ4n) is 2.71. The number of halogens is 4. The molecule has 148 valence electrons.